The molecular formula is C19H20ClNO5S. The molecule has 1 atom stereocenters. The number of nitrogens with zero attached hydrogens (tertiary/aromatic N) is 1. The molecule has 0 saturated heterocycles. The summed E-state index contributed by atoms with van der Waals surface area (Å²) < 4.78 is 15.7. The van der Waals surface area contributed by atoms with Crippen molar-refractivity contribution in [2.75, 3.05) is 20.8 Å². The van der Waals surface area contributed by atoms with Crippen LogP contribution >= 0.6 is 22.9 Å². The highest BCUT2D eigenvalue weighted by Gasteiger charge is 2.28. The second-order valence-corrected chi connectivity index (χ2v) is 7.53. The number of methoxy groups -OCH3 is 2. The maximum atomic E-state index is 12.7. The van der Waals surface area contributed by atoms with Crippen molar-refractivity contribution in [3.8, 4) is 11.5 Å². The number of fused-ring (bicyclic) bond motifs is 1. The van der Waals surface area contributed by atoms with E-state index < -0.39 is 12.1 Å². The summed E-state index contributed by atoms with van der Waals surface area (Å²) in [4.78, 5) is 28.2. The summed E-state index contributed by atoms with van der Waals surface area (Å²) >= 11 is 7.83. The Balaban J connectivity index is 1.69. The molecule has 6 nitrogen and oxygen atoms in total. The topological polar surface area (TPSA) is 65.1 Å². The normalized spacial score (nSPS) is 14.3. The quantitative estimate of drug-likeness (QED) is 0.706. The number of carbonyl (C=O) groups excluding carboxylic acids is 2. The van der Waals surface area contributed by atoms with E-state index in [1.165, 1.54) is 31.2 Å². The Morgan fingerprint density at radius 1 is 1.26 bits per heavy atom. The smallest absolute Gasteiger partial charge is 0.339 e. The van der Waals surface area contributed by atoms with Crippen molar-refractivity contribution < 1.29 is 23.8 Å². The molecule has 0 aliphatic carbocycles. The molecule has 0 N–H and O–H groups in total. The van der Waals surface area contributed by atoms with Crippen molar-refractivity contribution in [2.24, 2.45) is 0 Å². The van der Waals surface area contributed by atoms with Gasteiger partial charge in [-0.25, -0.2) is 4.79 Å². The van der Waals surface area contributed by atoms with Gasteiger partial charge < -0.3 is 19.1 Å². The Hall–Kier alpha value is -2.25. The van der Waals surface area contributed by atoms with E-state index in [1.54, 1.807) is 23.2 Å². The number of esters is 1. The molecule has 2 heterocycles. The molecule has 0 spiro atoms. The number of hydrogen-bond acceptors (Lipinski definition) is 6. The summed E-state index contributed by atoms with van der Waals surface area (Å²) in [6.45, 7) is 2.74. The van der Waals surface area contributed by atoms with Crippen LogP contribution in [0.25, 0.3) is 0 Å². The number of rotatable bonds is 5. The van der Waals surface area contributed by atoms with Gasteiger partial charge in [0.25, 0.3) is 5.91 Å². The molecule has 1 aliphatic heterocycles. The Labute approximate surface area is 166 Å². The third kappa shape index (κ3) is 4.04. The van der Waals surface area contributed by atoms with Gasteiger partial charge in [-0.2, -0.15) is 0 Å². The monoisotopic (exact) mass is 409 g/mol. The Bertz CT molecular complexity index is 866. The molecule has 8 heteroatoms. The highest BCUT2D eigenvalue weighted by atomic mass is 35.5. The van der Waals surface area contributed by atoms with E-state index in [4.69, 9.17) is 25.8 Å². The highest BCUT2D eigenvalue weighted by Crippen LogP contribution is 2.36. The molecule has 0 bridgehead atoms. The summed E-state index contributed by atoms with van der Waals surface area (Å²) in [6, 6.07) is 4.94. The van der Waals surface area contributed by atoms with Crippen LogP contribution in [0.4, 0.5) is 0 Å². The average molecular weight is 410 g/mol. The lowest BCUT2D eigenvalue weighted by molar-refractivity contribution is -0.140. The molecule has 0 saturated carbocycles. The van der Waals surface area contributed by atoms with Gasteiger partial charge in [0.1, 0.15) is 0 Å². The zero-order valence-electron chi connectivity index (χ0n) is 15.3. The van der Waals surface area contributed by atoms with E-state index >= 15 is 0 Å². The van der Waals surface area contributed by atoms with Crippen molar-refractivity contribution in [3.05, 3.63) is 44.6 Å². The highest BCUT2D eigenvalue weighted by molar-refractivity contribution is 7.10. The second kappa shape index (κ2) is 8.19. The molecule has 0 radical (unpaired) electrons. The zero-order chi connectivity index (χ0) is 19.6. The van der Waals surface area contributed by atoms with E-state index in [2.05, 4.69) is 0 Å². The van der Waals surface area contributed by atoms with E-state index in [-0.39, 0.29) is 16.5 Å². The molecular weight excluding hydrogens is 390 g/mol. The van der Waals surface area contributed by atoms with Gasteiger partial charge >= 0.3 is 5.97 Å². The fourth-order valence-electron chi connectivity index (χ4n) is 3.01. The van der Waals surface area contributed by atoms with Gasteiger partial charge in [-0.3, -0.25) is 4.79 Å². The van der Waals surface area contributed by atoms with Crippen molar-refractivity contribution in [3.63, 3.8) is 0 Å². The summed E-state index contributed by atoms with van der Waals surface area (Å²) in [7, 11) is 2.91. The lowest BCUT2D eigenvalue weighted by Crippen LogP contribution is -2.42. The van der Waals surface area contributed by atoms with Crippen LogP contribution in [0.5, 0.6) is 11.5 Å². The minimum absolute atomic E-state index is 0.191. The van der Waals surface area contributed by atoms with Crippen LogP contribution in [-0.4, -0.2) is 43.6 Å². The summed E-state index contributed by atoms with van der Waals surface area (Å²) in [5, 5.41) is 2.26. The maximum Gasteiger partial charge on any atom is 0.339 e. The van der Waals surface area contributed by atoms with Crippen LogP contribution in [0.1, 0.15) is 27.7 Å². The molecule has 1 aromatic carbocycles. The largest absolute Gasteiger partial charge is 0.493 e. The van der Waals surface area contributed by atoms with Crippen molar-refractivity contribution in [1.29, 1.82) is 0 Å². The van der Waals surface area contributed by atoms with Gasteiger partial charge in [-0.15, -0.1) is 11.3 Å². The SMILES string of the molecule is COc1cc(C(=O)OC(C)C(=O)N2CCc3sccc3C2)cc(Cl)c1OC. The number of hydrogen-bond donors (Lipinski definition) is 0. The molecule has 0 fully saturated rings. The number of amides is 1. The van der Waals surface area contributed by atoms with Crippen LogP contribution in [0.3, 0.4) is 0 Å². The molecule has 2 aromatic rings. The summed E-state index contributed by atoms with van der Waals surface area (Å²) in [5.74, 6) is -0.213. The first kappa shape index (κ1) is 19.5. The zero-order valence-corrected chi connectivity index (χ0v) is 16.9. The number of halogens is 1. The number of carbonyl (C=O) groups is 2. The molecule has 144 valence electrons. The van der Waals surface area contributed by atoms with Crippen molar-refractivity contribution in [1.82, 2.24) is 4.90 Å². The second-order valence-electron chi connectivity index (χ2n) is 6.12. The first-order chi connectivity index (χ1) is 12.9. The van der Waals surface area contributed by atoms with Crippen molar-refractivity contribution >= 4 is 34.8 Å². The molecule has 1 unspecified atom stereocenters. The van der Waals surface area contributed by atoms with E-state index in [0.717, 1.165) is 12.0 Å². The average Bonchev–Trinajstić information content (AvgIpc) is 3.14. The van der Waals surface area contributed by atoms with Crippen molar-refractivity contribution in [2.45, 2.75) is 26.0 Å². The van der Waals surface area contributed by atoms with Crippen LogP contribution < -0.4 is 9.47 Å². The van der Waals surface area contributed by atoms with E-state index in [9.17, 15) is 9.59 Å². The molecule has 27 heavy (non-hydrogen) atoms. The number of benzene rings is 1. The molecule has 1 aliphatic rings. The number of thiophene rings is 1. The van der Waals surface area contributed by atoms with E-state index in [0.29, 0.717) is 24.6 Å². The predicted molar refractivity (Wildman–Crippen MR) is 103 cm³/mol. The summed E-state index contributed by atoms with van der Waals surface area (Å²) in [6.07, 6.45) is -0.0745. The fraction of sp³-hybridized carbons (Fsp3) is 0.368. The van der Waals surface area contributed by atoms with Crippen LogP contribution in [0.2, 0.25) is 5.02 Å². The molecule has 1 amide bonds. The Morgan fingerprint density at radius 2 is 2.04 bits per heavy atom. The standard InChI is InChI=1S/C19H20ClNO5S/c1-11(18(22)21-6-4-16-12(10-21)5-7-27-16)26-19(23)13-8-14(20)17(25-3)15(9-13)24-2/h5,7-9,11H,4,6,10H2,1-3H3. The minimum Gasteiger partial charge on any atom is -0.493 e. The molecule has 3 rings (SSSR count). The Morgan fingerprint density at radius 3 is 2.74 bits per heavy atom. The van der Waals surface area contributed by atoms with Crippen LogP contribution in [0, 0.1) is 0 Å². The first-order valence-corrected chi connectivity index (χ1v) is 9.67. The van der Waals surface area contributed by atoms with Gasteiger partial charge in [-0.05, 0) is 42.5 Å². The van der Waals surface area contributed by atoms with Gasteiger partial charge in [0.15, 0.2) is 17.6 Å². The first-order valence-electron chi connectivity index (χ1n) is 8.41. The summed E-state index contributed by atoms with van der Waals surface area (Å²) in [5.41, 5.74) is 1.35. The van der Waals surface area contributed by atoms with Gasteiger partial charge in [0.2, 0.25) is 0 Å². The number of ether oxygens (including phenoxy) is 3. The van der Waals surface area contributed by atoms with Gasteiger partial charge in [-0.1, -0.05) is 11.6 Å². The molecule has 1 aromatic heterocycles. The van der Waals surface area contributed by atoms with Gasteiger partial charge in [0, 0.05) is 18.0 Å². The predicted octanol–water partition coefficient (Wildman–Crippen LogP) is 3.55. The lowest BCUT2D eigenvalue weighted by atomic mass is 10.1. The van der Waals surface area contributed by atoms with Crippen LogP contribution in [-0.2, 0) is 22.5 Å². The fourth-order valence-corrected chi connectivity index (χ4v) is 4.19. The minimum atomic E-state index is -0.899. The van der Waals surface area contributed by atoms with Crippen LogP contribution in [0.15, 0.2) is 23.6 Å². The third-order valence-electron chi connectivity index (χ3n) is 4.42. The van der Waals surface area contributed by atoms with E-state index in [1.807, 2.05) is 11.4 Å². The third-order valence-corrected chi connectivity index (χ3v) is 5.72. The Kier molecular flexibility index (Phi) is 5.92. The maximum absolute atomic E-state index is 12.7. The lowest BCUT2D eigenvalue weighted by Gasteiger charge is -2.29. The van der Waals surface area contributed by atoms with Gasteiger partial charge in [0.05, 0.1) is 24.8 Å².